The van der Waals surface area contributed by atoms with Gasteiger partial charge in [-0.15, -0.1) is 0 Å². The molecule has 0 saturated carbocycles. The van der Waals surface area contributed by atoms with E-state index in [-0.39, 0.29) is 0 Å². The summed E-state index contributed by atoms with van der Waals surface area (Å²) in [4.78, 5) is 9.02. The number of hydrogen-bond acceptors (Lipinski definition) is 2. The first-order valence-electron chi connectivity index (χ1n) is 6.24. The standard InChI is InChI=1S/C16H18N2/c1-12(2)14-8-4-5-10-16(14)18-13(3)15-9-6-7-11-17-15/h4-12H,1-3H3. The average Bonchev–Trinajstić information content (AvgIpc) is 2.40. The van der Waals surface area contributed by atoms with Crippen LogP contribution >= 0.6 is 0 Å². The predicted octanol–water partition coefficient (Wildman–Crippen LogP) is 4.35. The summed E-state index contributed by atoms with van der Waals surface area (Å²) in [5.74, 6) is 0.474. The number of hydrogen-bond donors (Lipinski definition) is 0. The van der Waals surface area contributed by atoms with Gasteiger partial charge < -0.3 is 0 Å². The van der Waals surface area contributed by atoms with Gasteiger partial charge in [0, 0.05) is 6.20 Å². The Morgan fingerprint density at radius 3 is 2.44 bits per heavy atom. The van der Waals surface area contributed by atoms with E-state index >= 15 is 0 Å². The zero-order valence-corrected chi connectivity index (χ0v) is 11.1. The number of pyridine rings is 1. The van der Waals surface area contributed by atoms with Gasteiger partial charge in [0.05, 0.1) is 17.1 Å². The van der Waals surface area contributed by atoms with Gasteiger partial charge in [-0.05, 0) is 36.6 Å². The summed E-state index contributed by atoms with van der Waals surface area (Å²) in [5.41, 5.74) is 4.18. The van der Waals surface area contributed by atoms with Gasteiger partial charge in [-0.25, -0.2) is 0 Å². The maximum absolute atomic E-state index is 4.70. The lowest BCUT2D eigenvalue weighted by atomic mass is 10.0. The van der Waals surface area contributed by atoms with Crippen LogP contribution in [-0.2, 0) is 0 Å². The van der Waals surface area contributed by atoms with Crippen molar-refractivity contribution in [2.75, 3.05) is 0 Å². The summed E-state index contributed by atoms with van der Waals surface area (Å²) in [6, 6.07) is 14.2. The van der Waals surface area contributed by atoms with E-state index in [1.807, 2.05) is 31.2 Å². The first-order chi connectivity index (χ1) is 8.68. The van der Waals surface area contributed by atoms with Crippen molar-refractivity contribution >= 4 is 11.4 Å². The number of benzene rings is 1. The van der Waals surface area contributed by atoms with Crippen LogP contribution in [0.4, 0.5) is 5.69 Å². The lowest BCUT2D eigenvalue weighted by Crippen LogP contribution is -1.97. The number of para-hydroxylation sites is 1. The molecule has 18 heavy (non-hydrogen) atoms. The first kappa shape index (κ1) is 12.5. The predicted molar refractivity (Wildman–Crippen MR) is 76.6 cm³/mol. The first-order valence-corrected chi connectivity index (χ1v) is 6.24. The van der Waals surface area contributed by atoms with Crippen molar-refractivity contribution in [1.82, 2.24) is 4.98 Å². The second-order valence-corrected chi connectivity index (χ2v) is 4.63. The van der Waals surface area contributed by atoms with Gasteiger partial charge in [0.25, 0.3) is 0 Å². The van der Waals surface area contributed by atoms with E-state index < -0.39 is 0 Å². The Morgan fingerprint density at radius 1 is 1.06 bits per heavy atom. The molecule has 0 bridgehead atoms. The van der Waals surface area contributed by atoms with Crippen LogP contribution in [0.3, 0.4) is 0 Å². The van der Waals surface area contributed by atoms with Crippen LogP contribution in [0.25, 0.3) is 0 Å². The molecule has 2 nitrogen and oxygen atoms in total. The maximum Gasteiger partial charge on any atom is 0.0841 e. The van der Waals surface area contributed by atoms with Gasteiger partial charge >= 0.3 is 0 Å². The molecule has 0 unspecified atom stereocenters. The summed E-state index contributed by atoms with van der Waals surface area (Å²) in [6.45, 7) is 6.37. The lowest BCUT2D eigenvalue weighted by molar-refractivity contribution is 0.867. The molecule has 1 heterocycles. The van der Waals surface area contributed by atoms with Crippen molar-refractivity contribution < 1.29 is 0 Å². The largest absolute Gasteiger partial charge is 0.255 e. The molecule has 0 amide bonds. The average molecular weight is 238 g/mol. The van der Waals surface area contributed by atoms with E-state index in [1.54, 1.807) is 6.20 Å². The Kier molecular flexibility index (Phi) is 3.88. The maximum atomic E-state index is 4.70. The van der Waals surface area contributed by atoms with Crippen molar-refractivity contribution in [3.8, 4) is 0 Å². The molecule has 0 radical (unpaired) electrons. The molecule has 0 N–H and O–H groups in total. The summed E-state index contributed by atoms with van der Waals surface area (Å²) >= 11 is 0. The van der Waals surface area contributed by atoms with Crippen LogP contribution in [0.1, 0.15) is 37.9 Å². The SMILES string of the molecule is CC(=Nc1ccccc1C(C)C)c1ccccn1. The van der Waals surface area contributed by atoms with Gasteiger partial charge in [0.15, 0.2) is 0 Å². The van der Waals surface area contributed by atoms with Gasteiger partial charge in [0.1, 0.15) is 0 Å². The van der Waals surface area contributed by atoms with Gasteiger partial charge in [-0.2, -0.15) is 0 Å². The third-order valence-electron chi connectivity index (χ3n) is 2.88. The second-order valence-electron chi connectivity index (χ2n) is 4.63. The van der Waals surface area contributed by atoms with E-state index in [9.17, 15) is 0 Å². The van der Waals surface area contributed by atoms with Gasteiger partial charge in [-0.1, -0.05) is 38.1 Å². The van der Waals surface area contributed by atoms with Crippen molar-refractivity contribution in [2.24, 2.45) is 4.99 Å². The van der Waals surface area contributed by atoms with E-state index in [4.69, 9.17) is 4.99 Å². The second kappa shape index (κ2) is 5.58. The van der Waals surface area contributed by atoms with Crippen LogP contribution < -0.4 is 0 Å². The molecule has 2 rings (SSSR count). The highest BCUT2D eigenvalue weighted by Crippen LogP contribution is 2.26. The lowest BCUT2D eigenvalue weighted by Gasteiger charge is -2.09. The monoisotopic (exact) mass is 238 g/mol. The van der Waals surface area contributed by atoms with Crippen molar-refractivity contribution in [3.05, 3.63) is 59.9 Å². The summed E-state index contributed by atoms with van der Waals surface area (Å²) < 4.78 is 0. The molecule has 2 heteroatoms. The highest BCUT2D eigenvalue weighted by atomic mass is 14.8. The minimum absolute atomic E-state index is 0.474. The highest BCUT2D eigenvalue weighted by molar-refractivity contribution is 5.98. The van der Waals surface area contributed by atoms with Crippen molar-refractivity contribution in [2.45, 2.75) is 26.7 Å². The fourth-order valence-corrected chi connectivity index (χ4v) is 1.89. The molecule has 0 aliphatic rings. The van der Waals surface area contributed by atoms with Crippen LogP contribution in [0.15, 0.2) is 53.7 Å². The summed E-state index contributed by atoms with van der Waals surface area (Å²) in [5, 5.41) is 0. The molecule has 92 valence electrons. The van der Waals surface area contributed by atoms with Crippen LogP contribution in [0.2, 0.25) is 0 Å². The molecular formula is C16H18N2. The number of aliphatic imine (C=N–C) groups is 1. The van der Waals surface area contributed by atoms with Crippen LogP contribution in [0.5, 0.6) is 0 Å². The van der Waals surface area contributed by atoms with Crippen molar-refractivity contribution in [1.29, 1.82) is 0 Å². The minimum atomic E-state index is 0.474. The number of rotatable bonds is 3. The molecule has 0 aliphatic heterocycles. The Bertz CT molecular complexity index is 542. The Hall–Kier alpha value is -1.96. The topological polar surface area (TPSA) is 25.2 Å². The molecule has 1 aromatic heterocycles. The van der Waals surface area contributed by atoms with Gasteiger partial charge in [0.2, 0.25) is 0 Å². The molecule has 0 fully saturated rings. The van der Waals surface area contributed by atoms with Crippen molar-refractivity contribution in [3.63, 3.8) is 0 Å². The minimum Gasteiger partial charge on any atom is -0.255 e. The summed E-state index contributed by atoms with van der Waals surface area (Å²) in [7, 11) is 0. The number of nitrogens with zero attached hydrogens (tertiary/aromatic N) is 2. The Balaban J connectivity index is 2.39. The molecule has 0 spiro atoms. The Labute approximate surface area is 108 Å². The zero-order chi connectivity index (χ0) is 13.0. The highest BCUT2D eigenvalue weighted by Gasteiger charge is 2.05. The molecule has 0 saturated heterocycles. The fraction of sp³-hybridized carbons (Fsp3) is 0.250. The molecule has 0 aliphatic carbocycles. The van der Waals surface area contributed by atoms with Crippen LogP contribution in [0, 0.1) is 0 Å². The van der Waals surface area contributed by atoms with E-state index in [1.165, 1.54) is 5.56 Å². The van der Waals surface area contributed by atoms with E-state index in [0.29, 0.717) is 5.92 Å². The molecule has 2 aromatic rings. The van der Waals surface area contributed by atoms with E-state index in [2.05, 4.69) is 37.0 Å². The molecular weight excluding hydrogens is 220 g/mol. The van der Waals surface area contributed by atoms with E-state index in [0.717, 1.165) is 17.1 Å². The number of aromatic nitrogens is 1. The smallest absolute Gasteiger partial charge is 0.0841 e. The normalized spacial score (nSPS) is 11.9. The third-order valence-corrected chi connectivity index (χ3v) is 2.88. The molecule has 1 aromatic carbocycles. The fourth-order valence-electron chi connectivity index (χ4n) is 1.89. The molecule has 0 atom stereocenters. The van der Waals surface area contributed by atoms with Gasteiger partial charge in [-0.3, -0.25) is 9.98 Å². The Morgan fingerprint density at radius 2 is 1.78 bits per heavy atom. The zero-order valence-electron chi connectivity index (χ0n) is 11.1. The van der Waals surface area contributed by atoms with Crippen LogP contribution in [-0.4, -0.2) is 10.7 Å². The summed E-state index contributed by atoms with van der Waals surface area (Å²) in [6.07, 6.45) is 1.79. The third kappa shape index (κ3) is 2.83. The quantitative estimate of drug-likeness (QED) is 0.730.